The molecule has 1 aliphatic rings. The molecule has 3 rings (SSSR count). The van der Waals surface area contributed by atoms with Crippen LogP contribution in [0.2, 0.25) is 0 Å². The number of piperidine rings is 1. The minimum Gasteiger partial charge on any atom is -0.494 e. The molecule has 0 spiro atoms. The fraction of sp³-hybridized carbons (Fsp3) is 0.480. The summed E-state index contributed by atoms with van der Waals surface area (Å²) in [6.45, 7) is 9.07. The number of amides is 1. The predicted molar refractivity (Wildman–Crippen MR) is 135 cm³/mol. The second-order valence-electron chi connectivity index (χ2n) is 8.33. The molecule has 2 aromatic rings. The molecule has 1 N–H and O–H groups in total. The van der Waals surface area contributed by atoms with E-state index in [1.807, 2.05) is 26.0 Å². The van der Waals surface area contributed by atoms with Gasteiger partial charge in [0.15, 0.2) is 0 Å². The maximum atomic E-state index is 13.2. The molecule has 0 aliphatic carbocycles. The Morgan fingerprint density at radius 1 is 1.09 bits per heavy atom. The van der Waals surface area contributed by atoms with Crippen molar-refractivity contribution in [2.24, 2.45) is 5.92 Å². The summed E-state index contributed by atoms with van der Waals surface area (Å²) in [5, 5.41) is 3.15. The number of hydrogen-bond acceptors (Lipinski definition) is 4. The second kappa shape index (κ2) is 11.0. The molecule has 0 aromatic heterocycles. The SMILES string of the molecule is CCOc1ccc(S(=O)(=O)N2CCC(C(=O)Nc3c(CC)cc(Br)cc3CC)CC2)cc1C. The highest BCUT2D eigenvalue weighted by atomic mass is 79.9. The molecule has 0 radical (unpaired) electrons. The molecule has 0 atom stereocenters. The average Bonchev–Trinajstić information content (AvgIpc) is 2.81. The molecule has 1 aliphatic heterocycles. The number of hydrogen-bond donors (Lipinski definition) is 1. The molecule has 6 nitrogen and oxygen atoms in total. The van der Waals surface area contributed by atoms with Gasteiger partial charge in [-0.05, 0) is 86.6 Å². The second-order valence-corrected chi connectivity index (χ2v) is 11.2. The maximum Gasteiger partial charge on any atom is 0.243 e. The van der Waals surface area contributed by atoms with Crippen LogP contribution in [0.3, 0.4) is 0 Å². The monoisotopic (exact) mass is 536 g/mol. The number of carbonyl (C=O) groups is 1. The lowest BCUT2D eigenvalue weighted by Gasteiger charge is -2.31. The van der Waals surface area contributed by atoms with E-state index in [0.29, 0.717) is 38.3 Å². The van der Waals surface area contributed by atoms with Crippen LogP contribution in [0.4, 0.5) is 5.69 Å². The summed E-state index contributed by atoms with van der Waals surface area (Å²) in [5.74, 6) is 0.449. The Morgan fingerprint density at radius 3 is 2.21 bits per heavy atom. The van der Waals surface area contributed by atoms with Crippen molar-refractivity contribution in [1.29, 1.82) is 0 Å². The van der Waals surface area contributed by atoms with Crippen molar-refractivity contribution in [3.05, 3.63) is 51.5 Å². The van der Waals surface area contributed by atoms with E-state index in [4.69, 9.17) is 4.74 Å². The summed E-state index contributed by atoms with van der Waals surface area (Å²) in [4.78, 5) is 13.3. The summed E-state index contributed by atoms with van der Waals surface area (Å²) in [5.41, 5.74) is 3.88. The van der Waals surface area contributed by atoms with Gasteiger partial charge in [-0.3, -0.25) is 4.79 Å². The molecule has 1 amide bonds. The number of anilines is 1. The predicted octanol–water partition coefficient (Wildman–Crippen LogP) is 5.32. The van der Waals surface area contributed by atoms with Gasteiger partial charge in [-0.2, -0.15) is 4.31 Å². The topological polar surface area (TPSA) is 75.7 Å². The molecule has 2 aromatic carbocycles. The average molecular weight is 538 g/mol. The van der Waals surface area contributed by atoms with Crippen molar-refractivity contribution >= 4 is 37.5 Å². The molecule has 1 saturated heterocycles. The summed E-state index contributed by atoms with van der Waals surface area (Å²) < 4.78 is 34.3. The van der Waals surface area contributed by atoms with Gasteiger partial charge in [0.1, 0.15) is 5.75 Å². The van der Waals surface area contributed by atoms with Crippen LogP contribution in [-0.2, 0) is 27.7 Å². The van der Waals surface area contributed by atoms with Crippen LogP contribution in [0.5, 0.6) is 5.75 Å². The van der Waals surface area contributed by atoms with Crippen molar-refractivity contribution in [3.63, 3.8) is 0 Å². The highest BCUT2D eigenvalue weighted by Gasteiger charge is 2.32. The van der Waals surface area contributed by atoms with E-state index in [9.17, 15) is 13.2 Å². The third-order valence-electron chi connectivity index (χ3n) is 6.19. The normalized spacial score (nSPS) is 15.4. The molecule has 1 fully saturated rings. The van der Waals surface area contributed by atoms with E-state index in [-0.39, 0.29) is 16.7 Å². The molecule has 0 unspecified atom stereocenters. The highest BCUT2D eigenvalue weighted by Crippen LogP contribution is 2.31. The number of sulfonamides is 1. The van der Waals surface area contributed by atoms with Gasteiger partial charge in [-0.1, -0.05) is 29.8 Å². The van der Waals surface area contributed by atoms with E-state index in [2.05, 4.69) is 35.1 Å². The van der Waals surface area contributed by atoms with Crippen LogP contribution in [0, 0.1) is 12.8 Å². The Morgan fingerprint density at radius 2 is 1.70 bits per heavy atom. The van der Waals surface area contributed by atoms with E-state index in [1.165, 1.54) is 4.31 Å². The first kappa shape index (κ1) is 25.7. The van der Waals surface area contributed by atoms with Crippen molar-refractivity contribution in [2.75, 3.05) is 25.0 Å². The molecule has 1 heterocycles. The molecule has 33 heavy (non-hydrogen) atoms. The van der Waals surface area contributed by atoms with Crippen LogP contribution < -0.4 is 10.1 Å². The first-order valence-electron chi connectivity index (χ1n) is 11.6. The van der Waals surface area contributed by atoms with Crippen LogP contribution >= 0.6 is 15.9 Å². The van der Waals surface area contributed by atoms with Crippen LogP contribution in [0.1, 0.15) is 50.3 Å². The lowest BCUT2D eigenvalue weighted by Crippen LogP contribution is -2.41. The number of halogens is 1. The summed E-state index contributed by atoms with van der Waals surface area (Å²) >= 11 is 3.55. The smallest absolute Gasteiger partial charge is 0.243 e. The van der Waals surface area contributed by atoms with Gasteiger partial charge >= 0.3 is 0 Å². The fourth-order valence-electron chi connectivity index (χ4n) is 4.28. The van der Waals surface area contributed by atoms with Crippen molar-refractivity contribution in [1.82, 2.24) is 4.31 Å². The standard InChI is InChI=1S/C25H33BrN2O4S/c1-5-18-15-21(26)16-19(6-2)24(18)27-25(29)20-10-12-28(13-11-20)33(30,31)22-8-9-23(32-7-3)17(4)14-22/h8-9,14-16,20H,5-7,10-13H2,1-4H3,(H,27,29). The van der Waals surface area contributed by atoms with Crippen LogP contribution in [0.15, 0.2) is 39.7 Å². The molecular weight excluding hydrogens is 504 g/mol. The van der Waals surface area contributed by atoms with Crippen molar-refractivity contribution in [3.8, 4) is 5.75 Å². The molecule has 0 saturated carbocycles. The summed E-state index contributed by atoms with van der Waals surface area (Å²) in [6, 6.07) is 9.05. The number of ether oxygens (including phenoxy) is 1. The van der Waals surface area contributed by atoms with E-state index in [1.54, 1.807) is 18.2 Å². The van der Waals surface area contributed by atoms with E-state index < -0.39 is 10.0 Å². The van der Waals surface area contributed by atoms with Crippen LogP contribution in [0.25, 0.3) is 0 Å². The maximum absolute atomic E-state index is 13.2. The van der Waals surface area contributed by atoms with Crippen LogP contribution in [-0.4, -0.2) is 38.3 Å². The molecule has 0 bridgehead atoms. The summed E-state index contributed by atoms with van der Waals surface area (Å²) in [7, 11) is -3.61. The zero-order chi connectivity index (χ0) is 24.2. The molecular formula is C25H33BrN2O4S. The van der Waals surface area contributed by atoms with Crippen molar-refractivity contribution in [2.45, 2.75) is 58.3 Å². The Bertz CT molecular complexity index is 1080. The third kappa shape index (κ3) is 5.78. The summed E-state index contributed by atoms with van der Waals surface area (Å²) in [6.07, 6.45) is 2.64. The Kier molecular flexibility index (Phi) is 8.59. The third-order valence-corrected chi connectivity index (χ3v) is 8.54. The molecule has 8 heteroatoms. The van der Waals surface area contributed by atoms with Gasteiger partial charge in [0.25, 0.3) is 0 Å². The first-order valence-corrected chi connectivity index (χ1v) is 13.8. The van der Waals surface area contributed by atoms with Gasteiger partial charge in [0, 0.05) is 29.2 Å². The van der Waals surface area contributed by atoms with Gasteiger partial charge in [0.2, 0.25) is 15.9 Å². The number of carbonyl (C=O) groups excluding carboxylic acids is 1. The van der Waals surface area contributed by atoms with Gasteiger partial charge in [0.05, 0.1) is 11.5 Å². The first-order chi connectivity index (χ1) is 15.7. The Hall–Kier alpha value is -1.90. The highest BCUT2D eigenvalue weighted by molar-refractivity contribution is 9.10. The minimum atomic E-state index is -3.61. The lowest BCUT2D eigenvalue weighted by molar-refractivity contribution is -0.120. The lowest BCUT2D eigenvalue weighted by atomic mass is 9.96. The molecule has 180 valence electrons. The zero-order valence-corrected chi connectivity index (χ0v) is 22.2. The fourth-order valence-corrected chi connectivity index (χ4v) is 6.38. The number of benzene rings is 2. The van der Waals surface area contributed by atoms with Crippen molar-refractivity contribution < 1.29 is 17.9 Å². The Labute approximate surface area is 205 Å². The Balaban J connectivity index is 1.69. The van der Waals surface area contributed by atoms with Gasteiger partial charge in [-0.25, -0.2) is 8.42 Å². The van der Waals surface area contributed by atoms with Gasteiger partial charge in [-0.15, -0.1) is 0 Å². The quantitative estimate of drug-likeness (QED) is 0.495. The largest absolute Gasteiger partial charge is 0.494 e. The number of rotatable bonds is 8. The van der Waals surface area contributed by atoms with E-state index >= 15 is 0 Å². The van der Waals surface area contributed by atoms with E-state index in [0.717, 1.165) is 39.7 Å². The number of nitrogens with one attached hydrogen (secondary N) is 1. The number of aryl methyl sites for hydroxylation is 3. The minimum absolute atomic E-state index is 0.0318. The van der Waals surface area contributed by atoms with Gasteiger partial charge < -0.3 is 10.1 Å². The zero-order valence-electron chi connectivity index (χ0n) is 19.8. The number of nitrogens with zero attached hydrogens (tertiary/aromatic N) is 1.